The lowest BCUT2D eigenvalue weighted by Gasteiger charge is -2.08. The molecule has 2 N–H and O–H groups in total. The molecule has 2 aromatic carbocycles. The molecular weight excluding hydrogens is 384 g/mol. The maximum Gasteiger partial charge on any atom is 0.262 e. The van der Waals surface area contributed by atoms with Crippen LogP contribution in [0.2, 0.25) is 0 Å². The fourth-order valence-corrected chi connectivity index (χ4v) is 2.89. The van der Waals surface area contributed by atoms with Gasteiger partial charge < -0.3 is 20.1 Å². The molecule has 0 radical (unpaired) electrons. The first-order chi connectivity index (χ1) is 14.5. The van der Waals surface area contributed by atoms with Crippen LogP contribution in [0.5, 0.6) is 11.6 Å². The van der Waals surface area contributed by atoms with E-state index in [1.165, 1.54) is 11.8 Å². The van der Waals surface area contributed by atoms with Crippen LogP contribution >= 0.6 is 0 Å². The van der Waals surface area contributed by atoms with Gasteiger partial charge in [0.1, 0.15) is 11.3 Å². The van der Waals surface area contributed by atoms with E-state index in [9.17, 15) is 9.59 Å². The van der Waals surface area contributed by atoms with Crippen LogP contribution in [0.25, 0.3) is 0 Å². The molecule has 0 saturated heterocycles. The summed E-state index contributed by atoms with van der Waals surface area (Å²) in [6.07, 6.45) is 2.30. The molecule has 8 nitrogen and oxygen atoms in total. The van der Waals surface area contributed by atoms with Crippen molar-refractivity contribution in [2.45, 2.75) is 6.42 Å². The van der Waals surface area contributed by atoms with E-state index >= 15 is 0 Å². The molecule has 1 aromatic heterocycles. The first-order valence-electron chi connectivity index (χ1n) is 9.40. The molecule has 30 heavy (non-hydrogen) atoms. The lowest BCUT2D eigenvalue weighted by molar-refractivity contribution is 0.0953. The van der Waals surface area contributed by atoms with Crippen LogP contribution in [0.15, 0.2) is 54.7 Å². The van der Waals surface area contributed by atoms with Gasteiger partial charge in [0.2, 0.25) is 5.88 Å². The molecule has 0 unspecified atom stereocenters. The molecule has 0 aliphatic carbocycles. The number of anilines is 1. The molecule has 8 heteroatoms. The third-order valence-electron chi connectivity index (χ3n) is 4.50. The van der Waals surface area contributed by atoms with Gasteiger partial charge >= 0.3 is 0 Å². The molecular formula is C22H24N4O4. The number of benzene rings is 2. The molecule has 3 aromatic rings. The molecule has 0 aliphatic heterocycles. The second-order valence-electron chi connectivity index (χ2n) is 6.61. The summed E-state index contributed by atoms with van der Waals surface area (Å²) in [6.45, 7) is 0.518. The van der Waals surface area contributed by atoms with Crippen LogP contribution in [0, 0.1) is 0 Å². The number of methoxy groups -OCH3 is 2. The summed E-state index contributed by atoms with van der Waals surface area (Å²) in [6, 6.07) is 14.4. The van der Waals surface area contributed by atoms with Crippen LogP contribution in [0.1, 0.15) is 26.3 Å². The largest absolute Gasteiger partial charge is 0.497 e. The smallest absolute Gasteiger partial charge is 0.262 e. The Morgan fingerprint density at radius 1 is 0.967 bits per heavy atom. The Bertz CT molecular complexity index is 1010. The van der Waals surface area contributed by atoms with Crippen molar-refractivity contribution in [3.63, 3.8) is 0 Å². The molecule has 0 spiro atoms. The Morgan fingerprint density at radius 3 is 2.30 bits per heavy atom. The predicted octanol–water partition coefficient (Wildman–Crippen LogP) is 2.66. The van der Waals surface area contributed by atoms with Crippen LogP contribution in [0.4, 0.5) is 5.69 Å². The molecule has 0 saturated carbocycles. The maximum absolute atomic E-state index is 12.4. The second-order valence-corrected chi connectivity index (χ2v) is 6.61. The van der Waals surface area contributed by atoms with Gasteiger partial charge in [0.25, 0.3) is 11.8 Å². The van der Waals surface area contributed by atoms with E-state index in [1.54, 1.807) is 44.6 Å². The highest BCUT2D eigenvalue weighted by Crippen LogP contribution is 2.18. The number of aryl methyl sites for hydroxylation is 1. The van der Waals surface area contributed by atoms with E-state index in [0.717, 1.165) is 17.7 Å². The van der Waals surface area contributed by atoms with Crippen molar-refractivity contribution >= 4 is 17.5 Å². The summed E-state index contributed by atoms with van der Waals surface area (Å²) >= 11 is 0. The highest BCUT2D eigenvalue weighted by atomic mass is 16.5. The SMILES string of the molecule is COc1ccc(CCNC(=O)c2ccc(NC(=O)c3cn(C)nc3OC)cc2)cc1. The summed E-state index contributed by atoms with van der Waals surface area (Å²) in [5.41, 5.74) is 2.53. The lowest BCUT2D eigenvalue weighted by Crippen LogP contribution is -2.25. The third kappa shape index (κ3) is 5.16. The van der Waals surface area contributed by atoms with E-state index in [0.29, 0.717) is 23.4 Å². The van der Waals surface area contributed by atoms with E-state index in [4.69, 9.17) is 9.47 Å². The van der Waals surface area contributed by atoms with Crippen LogP contribution < -0.4 is 20.1 Å². The molecule has 1 heterocycles. The van der Waals surface area contributed by atoms with Gasteiger partial charge in [-0.1, -0.05) is 12.1 Å². The van der Waals surface area contributed by atoms with E-state index in [2.05, 4.69) is 15.7 Å². The van der Waals surface area contributed by atoms with Crippen molar-refractivity contribution in [1.82, 2.24) is 15.1 Å². The number of amides is 2. The summed E-state index contributed by atoms with van der Waals surface area (Å²) in [5, 5.41) is 9.73. The minimum Gasteiger partial charge on any atom is -0.497 e. The molecule has 0 aliphatic rings. The predicted molar refractivity (Wildman–Crippen MR) is 113 cm³/mol. The highest BCUT2D eigenvalue weighted by molar-refractivity contribution is 6.06. The average Bonchev–Trinajstić information content (AvgIpc) is 3.15. The Balaban J connectivity index is 1.52. The second kappa shape index (κ2) is 9.60. The van der Waals surface area contributed by atoms with Gasteiger partial charge in [-0.2, -0.15) is 0 Å². The van der Waals surface area contributed by atoms with E-state index in [1.807, 2.05) is 24.3 Å². The summed E-state index contributed by atoms with van der Waals surface area (Å²) < 4.78 is 11.7. The Hall–Kier alpha value is -3.81. The Morgan fingerprint density at radius 2 is 1.67 bits per heavy atom. The van der Waals surface area contributed by atoms with Crippen molar-refractivity contribution in [3.05, 3.63) is 71.4 Å². The number of hydrogen-bond acceptors (Lipinski definition) is 5. The number of nitrogens with one attached hydrogen (secondary N) is 2. The molecule has 0 atom stereocenters. The van der Waals surface area contributed by atoms with Crippen molar-refractivity contribution in [3.8, 4) is 11.6 Å². The molecule has 2 amide bonds. The van der Waals surface area contributed by atoms with E-state index < -0.39 is 0 Å². The monoisotopic (exact) mass is 408 g/mol. The normalized spacial score (nSPS) is 10.4. The van der Waals surface area contributed by atoms with Crippen molar-refractivity contribution in [2.24, 2.45) is 7.05 Å². The standard InChI is InChI=1S/C22H24N4O4/c1-26-14-19(22(25-26)30-3)21(28)24-17-8-6-16(7-9-17)20(27)23-13-12-15-4-10-18(29-2)11-5-15/h4-11,14H,12-13H2,1-3H3,(H,23,27)(H,24,28). The summed E-state index contributed by atoms with van der Waals surface area (Å²) in [4.78, 5) is 24.7. The topological polar surface area (TPSA) is 94.5 Å². The summed E-state index contributed by atoms with van der Waals surface area (Å²) in [5.74, 6) is 0.548. The molecule has 0 bridgehead atoms. The summed E-state index contributed by atoms with van der Waals surface area (Å²) in [7, 11) is 4.80. The zero-order valence-electron chi connectivity index (χ0n) is 17.1. The van der Waals surface area contributed by atoms with Gasteiger partial charge in [-0.15, -0.1) is 5.10 Å². The lowest BCUT2D eigenvalue weighted by atomic mass is 10.1. The quantitative estimate of drug-likeness (QED) is 0.598. The van der Waals surface area contributed by atoms with Crippen LogP contribution in [-0.4, -0.2) is 42.4 Å². The number of aromatic nitrogens is 2. The van der Waals surface area contributed by atoms with Crippen molar-refractivity contribution in [1.29, 1.82) is 0 Å². The minimum atomic E-state index is -0.336. The first-order valence-corrected chi connectivity index (χ1v) is 9.40. The number of nitrogens with zero attached hydrogens (tertiary/aromatic N) is 2. The van der Waals surface area contributed by atoms with Crippen molar-refractivity contribution < 1.29 is 19.1 Å². The first kappa shape index (κ1) is 20.9. The fraction of sp³-hybridized carbons (Fsp3) is 0.227. The van der Waals surface area contributed by atoms with Crippen LogP contribution in [0.3, 0.4) is 0 Å². The minimum absolute atomic E-state index is 0.171. The highest BCUT2D eigenvalue weighted by Gasteiger charge is 2.16. The zero-order chi connectivity index (χ0) is 21.5. The fourth-order valence-electron chi connectivity index (χ4n) is 2.89. The van der Waals surface area contributed by atoms with Crippen LogP contribution in [-0.2, 0) is 13.5 Å². The van der Waals surface area contributed by atoms with Gasteiger partial charge in [0.05, 0.1) is 14.2 Å². The zero-order valence-corrected chi connectivity index (χ0v) is 17.1. The number of carbonyl (C=O) groups excluding carboxylic acids is 2. The number of rotatable bonds is 8. The average molecular weight is 408 g/mol. The van der Waals surface area contributed by atoms with Gasteiger partial charge in [-0.25, -0.2) is 0 Å². The number of ether oxygens (including phenoxy) is 2. The molecule has 3 rings (SSSR count). The Labute approximate surface area is 174 Å². The van der Waals surface area contributed by atoms with Gasteiger partial charge in [0.15, 0.2) is 0 Å². The maximum atomic E-state index is 12.4. The van der Waals surface area contributed by atoms with Gasteiger partial charge in [-0.3, -0.25) is 14.3 Å². The van der Waals surface area contributed by atoms with Crippen molar-refractivity contribution in [2.75, 3.05) is 26.1 Å². The third-order valence-corrected chi connectivity index (χ3v) is 4.50. The molecule has 0 fully saturated rings. The number of carbonyl (C=O) groups is 2. The van der Waals surface area contributed by atoms with Gasteiger partial charge in [0, 0.05) is 31.0 Å². The number of hydrogen-bond donors (Lipinski definition) is 2. The van der Waals surface area contributed by atoms with Gasteiger partial charge in [-0.05, 0) is 48.4 Å². The van der Waals surface area contributed by atoms with E-state index in [-0.39, 0.29) is 17.7 Å². The Kier molecular flexibility index (Phi) is 6.69. The molecule has 156 valence electrons.